The van der Waals surface area contributed by atoms with Gasteiger partial charge in [0.15, 0.2) is 6.29 Å². The Balaban J connectivity index is 2.48. The molecule has 1 aromatic heterocycles. The number of aldehydes is 1. The maximum atomic E-state index is 12.4. The number of carbonyl (C=O) groups excluding carboxylic acids is 1. The molecular weight excluding hydrogens is 271 g/mol. The first kappa shape index (κ1) is 14.0. The smallest absolute Gasteiger partial charge is 0.433 e. The van der Waals surface area contributed by atoms with Crippen LogP contribution in [0.25, 0.3) is 11.1 Å². The molecule has 0 spiro atoms. The van der Waals surface area contributed by atoms with Gasteiger partial charge in [-0.3, -0.25) is 9.78 Å². The van der Waals surface area contributed by atoms with Crippen LogP contribution in [0.4, 0.5) is 13.2 Å². The lowest BCUT2D eigenvalue weighted by Crippen LogP contribution is -2.07. The molecule has 1 aromatic carbocycles. The number of methoxy groups -OCH3 is 1. The molecule has 1 heterocycles. The highest BCUT2D eigenvalue weighted by molar-refractivity contribution is 5.88. The van der Waals surface area contributed by atoms with Crippen molar-refractivity contribution in [1.82, 2.24) is 4.98 Å². The number of alkyl halides is 3. The molecule has 6 heteroatoms. The zero-order valence-electron chi connectivity index (χ0n) is 10.4. The summed E-state index contributed by atoms with van der Waals surface area (Å²) < 4.78 is 42.4. The number of ether oxygens (including phenoxy) is 1. The lowest BCUT2D eigenvalue weighted by molar-refractivity contribution is -0.141. The lowest BCUT2D eigenvalue weighted by Gasteiger charge is -2.09. The molecule has 0 aliphatic heterocycles. The standard InChI is InChI=1S/C14H10F3NO2/c1-20-11-4-2-10(8-19)12(6-11)9-3-5-13(18-7-9)14(15,16)17/h2-8H,1H3. The average Bonchev–Trinajstić information content (AvgIpc) is 2.45. The van der Waals surface area contributed by atoms with Gasteiger partial charge < -0.3 is 4.74 Å². The van der Waals surface area contributed by atoms with Crippen LogP contribution in [-0.2, 0) is 6.18 Å². The predicted molar refractivity (Wildman–Crippen MR) is 66.6 cm³/mol. The molecule has 2 rings (SSSR count). The molecule has 0 amide bonds. The quantitative estimate of drug-likeness (QED) is 0.807. The summed E-state index contributed by atoms with van der Waals surface area (Å²) in [6.45, 7) is 0. The Labute approximate surface area is 113 Å². The van der Waals surface area contributed by atoms with Gasteiger partial charge in [0.2, 0.25) is 0 Å². The number of aromatic nitrogens is 1. The summed E-state index contributed by atoms with van der Waals surface area (Å²) in [4.78, 5) is 14.4. The summed E-state index contributed by atoms with van der Waals surface area (Å²) in [5.41, 5.74) is 0.267. The summed E-state index contributed by atoms with van der Waals surface area (Å²) >= 11 is 0. The summed E-state index contributed by atoms with van der Waals surface area (Å²) in [6.07, 6.45) is -2.77. The fraction of sp³-hybridized carbons (Fsp3) is 0.143. The number of benzene rings is 1. The van der Waals surface area contributed by atoms with Gasteiger partial charge in [0.05, 0.1) is 7.11 Å². The Kier molecular flexibility index (Phi) is 3.74. The van der Waals surface area contributed by atoms with E-state index in [1.165, 1.54) is 13.2 Å². The third-order valence-corrected chi connectivity index (χ3v) is 2.75. The highest BCUT2D eigenvalue weighted by Crippen LogP contribution is 2.31. The van der Waals surface area contributed by atoms with Gasteiger partial charge in [0, 0.05) is 17.3 Å². The van der Waals surface area contributed by atoms with Crippen molar-refractivity contribution >= 4 is 6.29 Å². The third-order valence-electron chi connectivity index (χ3n) is 2.75. The van der Waals surface area contributed by atoms with Crippen LogP contribution in [0.3, 0.4) is 0 Å². The first-order valence-electron chi connectivity index (χ1n) is 5.62. The highest BCUT2D eigenvalue weighted by Gasteiger charge is 2.32. The molecule has 0 aliphatic carbocycles. The van der Waals surface area contributed by atoms with Crippen molar-refractivity contribution in [1.29, 1.82) is 0 Å². The second-order valence-electron chi connectivity index (χ2n) is 4.00. The number of halogens is 3. The SMILES string of the molecule is COc1ccc(C=O)c(-c2ccc(C(F)(F)F)nc2)c1. The maximum Gasteiger partial charge on any atom is 0.433 e. The average molecular weight is 281 g/mol. The Morgan fingerprint density at radius 3 is 2.45 bits per heavy atom. The van der Waals surface area contributed by atoms with E-state index in [4.69, 9.17) is 4.74 Å². The van der Waals surface area contributed by atoms with E-state index in [1.807, 2.05) is 0 Å². The molecule has 0 radical (unpaired) electrons. The highest BCUT2D eigenvalue weighted by atomic mass is 19.4. The molecule has 2 aromatic rings. The summed E-state index contributed by atoms with van der Waals surface area (Å²) in [5, 5.41) is 0. The summed E-state index contributed by atoms with van der Waals surface area (Å²) in [7, 11) is 1.46. The monoisotopic (exact) mass is 281 g/mol. The molecule has 0 aliphatic rings. The Morgan fingerprint density at radius 2 is 1.95 bits per heavy atom. The zero-order chi connectivity index (χ0) is 14.8. The number of hydrogen-bond donors (Lipinski definition) is 0. The molecule has 0 N–H and O–H groups in total. The molecule has 0 atom stereocenters. The number of nitrogens with zero attached hydrogens (tertiary/aromatic N) is 1. The Morgan fingerprint density at radius 1 is 1.20 bits per heavy atom. The van der Waals surface area contributed by atoms with Crippen LogP contribution in [-0.4, -0.2) is 18.4 Å². The van der Waals surface area contributed by atoms with Crippen LogP contribution in [0.1, 0.15) is 16.1 Å². The van der Waals surface area contributed by atoms with Crippen molar-refractivity contribution < 1.29 is 22.7 Å². The second kappa shape index (κ2) is 5.32. The van der Waals surface area contributed by atoms with Crippen LogP contribution in [0.15, 0.2) is 36.5 Å². The first-order valence-corrected chi connectivity index (χ1v) is 5.62. The van der Waals surface area contributed by atoms with Crippen molar-refractivity contribution in [2.75, 3.05) is 7.11 Å². The number of hydrogen-bond acceptors (Lipinski definition) is 3. The number of carbonyl (C=O) groups is 1. The third kappa shape index (κ3) is 2.79. The molecule has 0 saturated carbocycles. The van der Waals surface area contributed by atoms with Gasteiger partial charge in [-0.1, -0.05) is 6.07 Å². The van der Waals surface area contributed by atoms with E-state index in [0.29, 0.717) is 28.7 Å². The first-order chi connectivity index (χ1) is 9.45. The second-order valence-corrected chi connectivity index (χ2v) is 4.00. The maximum absolute atomic E-state index is 12.4. The minimum Gasteiger partial charge on any atom is -0.497 e. The molecular formula is C14H10F3NO2. The Hall–Kier alpha value is -2.37. The van der Waals surface area contributed by atoms with Crippen LogP contribution >= 0.6 is 0 Å². The van der Waals surface area contributed by atoms with Crippen molar-refractivity contribution in [2.24, 2.45) is 0 Å². The Bertz CT molecular complexity index is 621. The molecule has 0 fully saturated rings. The van der Waals surface area contributed by atoms with Gasteiger partial charge in [-0.05, 0) is 29.8 Å². The van der Waals surface area contributed by atoms with E-state index in [0.717, 1.165) is 12.3 Å². The molecule has 3 nitrogen and oxygen atoms in total. The van der Waals surface area contributed by atoms with Crippen LogP contribution < -0.4 is 4.74 Å². The van der Waals surface area contributed by atoms with Crippen LogP contribution in [0.5, 0.6) is 5.75 Å². The fourth-order valence-corrected chi connectivity index (χ4v) is 1.74. The van der Waals surface area contributed by atoms with Gasteiger partial charge in [0.1, 0.15) is 11.4 Å². The van der Waals surface area contributed by atoms with E-state index in [1.54, 1.807) is 18.2 Å². The molecule has 0 unspecified atom stereocenters. The normalized spacial score (nSPS) is 11.2. The number of rotatable bonds is 3. The van der Waals surface area contributed by atoms with E-state index in [-0.39, 0.29) is 0 Å². The van der Waals surface area contributed by atoms with Crippen molar-refractivity contribution in [2.45, 2.75) is 6.18 Å². The van der Waals surface area contributed by atoms with Gasteiger partial charge in [-0.25, -0.2) is 0 Å². The lowest BCUT2D eigenvalue weighted by atomic mass is 10.0. The van der Waals surface area contributed by atoms with Crippen molar-refractivity contribution in [3.05, 3.63) is 47.8 Å². The molecule has 104 valence electrons. The largest absolute Gasteiger partial charge is 0.497 e. The minimum absolute atomic E-state index is 0.354. The van der Waals surface area contributed by atoms with Crippen LogP contribution in [0.2, 0.25) is 0 Å². The predicted octanol–water partition coefficient (Wildman–Crippen LogP) is 3.59. The minimum atomic E-state index is -4.49. The van der Waals surface area contributed by atoms with Gasteiger partial charge in [-0.2, -0.15) is 13.2 Å². The van der Waals surface area contributed by atoms with Crippen LogP contribution in [0, 0.1) is 0 Å². The zero-order valence-corrected chi connectivity index (χ0v) is 10.4. The van der Waals surface area contributed by atoms with E-state index in [2.05, 4.69) is 4.98 Å². The van der Waals surface area contributed by atoms with Gasteiger partial charge in [0.25, 0.3) is 0 Å². The van der Waals surface area contributed by atoms with E-state index in [9.17, 15) is 18.0 Å². The van der Waals surface area contributed by atoms with E-state index >= 15 is 0 Å². The molecule has 20 heavy (non-hydrogen) atoms. The van der Waals surface area contributed by atoms with Crippen molar-refractivity contribution in [3.8, 4) is 16.9 Å². The summed E-state index contributed by atoms with van der Waals surface area (Å²) in [5.74, 6) is 0.505. The van der Waals surface area contributed by atoms with E-state index < -0.39 is 11.9 Å². The summed E-state index contributed by atoms with van der Waals surface area (Å²) in [6, 6.07) is 6.87. The number of pyridine rings is 1. The molecule has 0 saturated heterocycles. The van der Waals surface area contributed by atoms with Gasteiger partial charge in [-0.15, -0.1) is 0 Å². The van der Waals surface area contributed by atoms with Gasteiger partial charge >= 0.3 is 6.18 Å². The fourth-order valence-electron chi connectivity index (χ4n) is 1.74. The van der Waals surface area contributed by atoms with Crippen molar-refractivity contribution in [3.63, 3.8) is 0 Å². The topological polar surface area (TPSA) is 39.2 Å². The molecule has 0 bridgehead atoms.